The molecule has 0 aromatic heterocycles. The molecule has 0 heterocycles. The molecule has 118 valence electrons. The van der Waals surface area contributed by atoms with Crippen molar-refractivity contribution in [2.75, 3.05) is 0 Å². The van der Waals surface area contributed by atoms with Crippen molar-refractivity contribution in [3.63, 3.8) is 0 Å². The first-order valence-corrected chi connectivity index (χ1v) is 8.16. The predicted octanol–water partition coefficient (Wildman–Crippen LogP) is 3.59. The van der Waals surface area contributed by atoms with E-state index in [0.717, 1.165) is 24.8 Å². The van der Waals surface area contributed by atoms with Crippen molar-refractivity contribution < 1.29 is 4.79 Å². The lowest BCUT2D eigenvalue weighted by Gasteiger charge is -2.23. The fraction of sp³-hybridized carbons (Fsp3) is 0.611. The quantitative estimate of drug-likeness (QED) is 0.768. The van der Waals surface area contributed by atoms with Crippen molar-refractivity contribution in [1.29, 1.82) is 0 Å². The zero-order valence-corrected chi connectivity index (χ0v) is 14.1. The molecule has 1 aromatic carbocycles. The highest BCUT2D eigenvalue weighted by atomic mass is 16.2. The lowest BCUT2D eigenvalue weighted by molar-refractivity contribution is -0.123. The van der Waals surface area contributed by atoms with E-state index < -0.39 is 0 Å². The summed E-state index contributed by atoms with van der Waals surface area (Å²) >= 11 is 0. The van der Waals surface area contributed by atoms with Gasteiger partial charge in [-0.2, -0.15) is 0 Å². The minimum atomic E-state index is -0.160. The van der Waals surface area contributed by atoms with Gasteiger partial charge in [-0.1, -0.05) is 45.0 Å². The molecular weight excluding hydrogens is 260 g/mol. The Morgan fingerprint density at radius 2 is 1.62 bits per heavy atom. The number of benzene rings is 1. The van der Waals surface area contributed by atoms with Crippen LogP contribution in [0.3, 0.4) is 0 Å². The molecule has 3 heteroatoms. The highest BCUT2D eigenvalue weighted by Gasteiger charge is 2.18. The van der Waals surface area contributed by atoms with Gasteiger partial charge in [-0.05, 0) is 44.2 Å². The van der Waals surface area contributed by atoms with Gasteiger partial charge in [0.1, 0.15) is 0 Å². The number of aryl methyl sites for hydroxylation is 1. The number of rotatable bonds is 8. The fourth-order valence-electron chi connectivity index (χ4n) is 2.42. The number of hydrogen-bond acceptors (Lipinski definition) is 2. The molecule has 0 aliphatic rings. The Balaban J connectivity index is 2.55. The van der Waals surface area contributed by atoms with Gasteiger partial charge in [-0.25, -0.2) is 0 Å². The van der Waals surface area contributed by atoms with Gasteiger partial charge in [0.05, 0.1) is 12.1 Å². The fourth-order valence-corrected chi connectivity index (χ4v) is 2.42. The SMILES string of the molecule is CCc1ccc(C(C)NC(=O)C(C)NC(CC)CC)cc1. The molecule has 2 unspecified atom stereocenters. The summed E-state index contributed by atoms with van der Waals surface area (Å²) in [7, 11) is 0. The maximum absolute atomic E-state index is 12.2. The Morgan fingerprint density at radius 3 is 2.10 bits per heavy atom. The summed E-state index contributed by atoms with van der Waals surface area (Å²) < 4.78 is 0. The lowest BCUT2D eigenvalue weighted by atomic mass is 10.0. The number of amides is 1. The number of carbonyl (C=O) groups excluding carboxylic acids is 1. The first-order chi connectivity index (χ1) is 10.0. The molecule has 1 aromatic rings. The topological polar surface area (TPSA) is 41.1 Å². The molecule has 21 heavy (non-hydrogen) atoms. The average molecular weight is 290 g/mol. The van der Waals surface area contributed by atoms with E-state index in [4.69, 9.17) is 0 Å². The summed E-state index contributed by atoms with van der Waals surface area (Å²) in [5.74, 6) is 0.0639. The Labute approximate surface area is 129 Å². The van der Waals surface area contributed by atoms with Gasteiger partial charge in [-0.15, -0.1) is 0 Å². The standard InChI is InChI=1S/C18H30N2O/c1-6-15-9-11-16(12-10-15)13(4)20-18(21)14(5)19-17(7-2)8-3/h9-14,17,19H,6-8H2,1-5H3,(H,20,21). The smallest absolute Gasteiger partial charge is 0.237 e. The molecule has 2 atom stereocenters. The summed E-state index contributed by atoms with van der Waals surface area (Å²) in [6.45, 7) is 10.4. The third kappa shape index (κ3) is 5.50. The van der Waals surface area contributed by atoms with Crippen LogP contribution in [0.15, 0.2) is 24.3 Å². The minimum absolute atomic E-state index is 0.0364. The van der Waals surface area contributed by atoms with E-state index >= 15 is 0 Å². The van der Waals surface area contributed by atoms with E-state index in [0.29, 0.717) is 6.04 Å². The van der Waals surface area contributed by atoms with Crippen molar-refractivity contribution in [3.8, 4) is 0 Å². The zero-order valence-electron chi connectivity index (χ0n) is 14.1. The average Bonchev–Trinajstić information content (AvgIpc) is 2.52. The van der Waals surface area contributed by atoms with E-state index in [1.807, 2.05) is 13.8 Å². The first-order valence-electron chi connectivity index (χ1n) is 8.16. The van der Waals surface area contributed by atoms with Crippen LogP contribution >= 0.6 is 0 Å². The Morgan fingerprint density at radius 1 is 1.05 bits per heavy atom. The molecule has 0 aliphatic carbocycles. The van der Waals surface area contributed by atoms with E-state index in [1.54, 1.807) is 0 Å². The van der Waals surface area contributed by atoms with Crippen LogP contribution < -0.4 is 10.6 Å². The summed E-state index contributed by atoms with van der Waals surface area (Å²) in [6.07, 6.45) is 3.13. The normalized spacial score (nSPS) is 14.0. The van der Waals surface area contributed by atoms with Crippen molar-refractivity contribution >= 4 is 5.91 Å². The molecule has 0 aliphatic heterocycles. The summed E-state index contributed by atoms with van der Waals surface area (Å²) in [4.78, 5) is 12.2. The van der Waals surface area contributed by atoms with Crippen molar-refractivity contribution in [3.05, 3.63) is 35.4 Å². The Hall–Kier alpha value is -1.35. The monoisotopic (exact) mass is 290 g/mol. The summed E-state index contributed by atoms with van der Waals surface area (Å²) in [5.41, 5.74) is 2.47. The molecule has 3 nitrogen and oxygen atoms in total. The van der Waals surface area contributed by atoms with Crippen LogP contribution in [0.5, 0.6) is 0 Å². The second-order valence-corrected chi connectivity index (χ2v) is 5.73. The third-order valence-electron chi connectivity index (χ3n) is 4.11. The summed E-state index contributed by atoms with van der Waals surface area (Å²) in [5, 5.41) is 6.46. The van der Waals surface area contributed by atoms with Gasteiger partial charge in [0.25, 0.3) is 0 Å². The molecular formula is C18H30N2O. The van der Waals surface area contributed by atoms with E-state index in [1.165, 1.54) is 5.56 Å². The third-order valence-corrected chi connectivity index (χ3v) is 4.11. The zero-order chi connectivity index (χ0) is 15.8. The van der Waals surface area contributed by atoms with Gasteiger partial charge in [0, 0.05) is 6.04 Å². The van der Waals surface area contributed by atoms with Gasteiger partial charge in [0.2, 0.25) is 5.91 Å². The maximum Gasteiger partial charge on any atom is 0.237 e. The molecule has 1 rings (SSSR count). The Bertz CT molecular complexity index is 423. The van der Waals surface area contributed by atoms with Crippen LogP contribution in [0.25, 0.3) is 0 Å². The largest absolute Gasteiger partial charge is 0.348 e. The highest BCUT2D eigenvalue weighted by Crippen LogP contribution is 2.14. The van der Waals surface area contributed by atoms with E-state index in [9.17, 15) is 4.79 Å². The van der Waals surface area contributed by atoms with Gasteiger partial charge in [-0.3, -0.25) is 4.79 Å². The van der Waals surface area contributed by atoms with Crippen LogP contribution in [0.2, 0.25) is 0 Å². The molecule has 0 fully saturated rings. The number of nitrogens with one attached hydrogen (secondary N) is 2. The summed E-state index contributed by atoms with van der Waals surface area (Å²) in [6, 6.07) is 8.74. The maximum atomic E-state index is 12.2. The molecule has 0 radical (unpaired) electrons. The van der Waals surface area contributed by atoms with Crippen molar-refractivity contribution in [1.82, 2.24) is 10.6 Å². The van der Waals surface area contributed by atoms with E-state index in [-0.39, 0.29) is 18.0 Å². The second-order valence-electron chi connectivity index (χ2n) is 5.73. The molecule has 0 saturated heterocycles. The lowest BCUT2D eigenvalue weighted by Crippen LogP contribution is -2.46. The Kier molecular flexibility index (Phi) is 7.44. The van der Waals surface area contributed by atoms with E-state index in [2.05, 4.69) is 55.7 Å². The molecule has 1 amide bonds. The van der Waals surface area contributed by atoms with Gasteiger partial charge in [0.15, 0.2) is 0 Å². The van der Waals surface area contributed by atoms with Gasteiger partial charge < -0.3 is 10.6 Å². The number of hydrogen-bond donors (Lipinski definition) is 2. The van der Waals surface area contributed by atoms with Gasteiger partial charge >= 0.3 is 0 Å². The van der Waals surface area contributed by atoms with Crippen molar-refractivity contribution in [2.24, 2.45) is 0 Å². The molecule has 2 N–H and O–H groups in total. The predicted molar refractivity (Wildman–Crippen MR) is 89.3 cm³/mol. The second kappa shape index (κ2) is 8.83. The molecule has 0 saturated carbocycles. The first kappa shape index (κ1) is 17.7. The van der Waals surface area contributed by atoms with Crippen LogP contribution in [0, 0.1) is 0 Å². The number of carbonyl (C=O) groups is 1. The molecule has 0 spiro atoms. The van der Waals surface area contributed by atoms with Crippen LogP contribution in [-0.2, 0) is 11.2 Å². The minimum Gasteiger partial charge on any atom is -0.348 e. The van der Waals surface area contributed by atoms with Crippen LogP contribution in [0.4, 0.5) is 0 Å². The van der Waals surface area contributed by atoms with Crippen molar-refractivity contribution in [2.45, 2.75) is 72.0 Å². The molecule has 0 bridgehead atoms. The van der Waals surface area contributed by atoms with Crippen LogP contribution in [0.1, 0.15) is 64.6 Å². The highest BCUT2D eigenvalue weighted by molar-refractivity contribution is 5.81. The van der Waals surface area contributed by atoms with Crippen LogP contribution in [-0.4, -0.2) is 18.0 Å².